The number of thiazole rings is 1. The number of methoxy groups -OCH3 is 1. The Morgan fingerprint density at radius 1 is 1.04 bits per heavy atom. The van der Waals surface area contributed by atoms with Crippen molar-refractivity contribution in [2.24, 2.45) is 5.41 Å². The first-order valence-electron chi connectivity index (χ1n) is 22.8. The van der Waals surface area contributed by atoms with E-state index >= 15 is 4.39 Å². The van der Waals surface area contributed by atoms with Crippen molar-refractivity contribution in [1.29, 1.82) is 5.26 Å². The number of nitrogens with zero attached hydrogens (tertiary/aromatic N) is 6. The van der Waals surface area contributed by atoms with Crippen LogP contribution in [0.25, 0.3) is 10.4 Å². The molecule has 2 aromatic heterocycles. The number of ether oxygens (including phenoxy) is 4. The number of carbonyl (C=O) groups excluding carboxylic acids is 5. The van der Waals surface area contributed by atoms with Crippen molar-refractivity contribution in [2.75, 3.05) is 56.5 Å². The molecule has 2 fully saturated rings. The number of carbonyl (C=O) groups is 5. The van der Waals surface area contributed by atoms with Gasteiger partial charge in [-0.25, -0.2) is 19.2 Å². The molecule has 2 saturated heterocycles. The zero-order valence-electron chi connectivity index (χ0n) is 40.9. The molecule has 3 atom stereocenters. The minimum absolute atomic E-state index is 0.00202. The Hall–Kier alpha value is -6.65. The number of nitrogens with one attached hydrogen (secondary N) is 2. The number of halogens is 4. The average Bonchev–Trinajstić information content (AvgIpc) is 4.00. The number of β-amino-alcohol motifs (C(OH)–C–C–N with tert-alkyl or cyclic N) is 1. The molecule has 0 aliphatic carbocycles. The standard InChI is InChI=1S/C49H54F4N8O10S2/c1-27-39(73-26-57-27)29-11-9-28(10-12-29)22-55-41(64)35-20-32(62)24-59(35)43(65)40(47(2,3)4)58-36(63)25-70-18-17-69-15-8-16-71-42-33(44(66)68-7)19-31(23-56-42)61-46(72)60(45(67)48(61,5)6)34-14-13-30(21-54)37(38(34)50)49(51,52)53/h9-14,19,23,26,32,35,40,62H,8,15-18,20,22,24-25H2,1-7H3,(H,55,64)(H,58,63)/t32-,35+,40-/m1/s1. The molecule has 390 valence electrons. The quantitative estimate of drug-likeness (QED) is 0.0433. The summed E-state index contributed by atoms with van der Waals surface area (Å²) in [5, 5.41) is 24.9. The fourth-order valence-corrected chi connectivity index (χ4v) is 9.51. The molecule has 73 heavy (non-hydrogen) atoms. The van der Waals surface area contributed by atoms with Gasteiger partial charge in [0.25, 0.3) is 5.91 Å². The molecule has 0 saturated carbocycles. The number of aliphatic hydroxyl groups excluding tert-OH is 1. The van der Waals surface area contributed by atoms with Gasteiger partial charge in [-0.05, 0) is 67.7 Å². The first kappa shape index (κ1) is 55.7. The SMILES string of the molecule is COC(=O)c1cc(N2C(=S)N(c3ccc(C#N)c(C(F)(F)F)c3F)C(=O)C2(C)C)cnc1OCCCOCCOCC(=O)N[C@H](C(=O)N1C[C@H](O)C[C@H]1C(=O)NCc1ccc(-c2scnc2C)cc1)C(C)(C)C. The summed E-state index contributed by atoms with van der Waals surface area (Å²) >= 11 is 7.04. The van der Waals surface area contributed by atoms with Gasteiger partial charge >= 0.3 is 12.1 Å². The first-order chi connectivity index (χ1) is 34.4. The average molecular weight is 1060 g/mol. The van der Waals surface area contributed by atoms with Crippen LogP contribution in [0.1, 0.15) is 80.2 Å². The molecule has 18 nitrogen and oxygen atoms in total. The summed E-state index contributed by atoms with van der Waals surface area (Å²) < 4.78 is 78.7. The number of benzene rings is 2. The number of hydrogen-bond acceptors (Lipinski definition) is 15. The molecule has 4 amide bonds. The van der Waals surface area contributed by atoms with Crippen LogP contribution < -0.4 is 25.2 Å². The zero-order chi connectivity index (χ0) is 53.6. The lowest BCUT2D eigenvalue weighted by molar-refractivity contribution is -0.144. The second kappa shape index (κ2) is 23.1. The van der Waals surface area contributed by atoms with Gasteiger partial charge in [-0.2, -0.15) is 18.4 Å². The van der Waals surface area contributed by atoms with E-state index in [4.69, 9.17) is 31.2 Å². The third-order valence-corrected chi connectivity index (χ3v) is 13.3. The van der Waals surface area contributed by atoms with Crippen molar-refractivity contribution in [3.8, 4) is 22.4 Å². The Morgan fingerprint density at radius 3 is 2.37 bits per heavy atom. The van der Waals surface area contributed by atoms with Gasteiger partial charge in [0.2, 0.25) is 23.6 Å². The highest BCUT2D eigenvalue weighted by Gasteiger charge is 2.52. The second-order valence-electron chi connectivity index (χ2n) is 18.6. The number of rotatable bonds is 19. The number of aromatic nitrogens is 2. The maximum Gasteiger partial charge on any atom is 0.420 e. The van der Waals surface area contributed by atoms with Crippen molar-refractivity contribution in [3.63, 3.8) is 0 Å². The number of aliphatic hydroxyl groups is 1. The summed E-state index contributed by atoms with van der Waals surface area (Å²) in [6.45, 7) is 9.93. The largest absolute Gasteiger partial charge is 0.477 e. The molecule has 4 aromatic rings. The summed E-state index contributed by atoms with van der Waals surface area (Å²) in [5.41, 5.74) is -1.68. The van der Waals surface area contributed by atoms with Crippen molar-refractivity contribution in [3.05, 3.63) is 87.9 Å². The minimum Gasteiger partial charge on any atom is -0.477 e. The second-order valence-corrected chi connectivity index (χ2v) is 19.8. The first-order valence-corrected chi connectivity index (χ1v) is 24.1. The van der Waals surface area contributed by atoms with Crippen LogP contribution in [-0.4, -0.2) is 125 Å². The van der Waals surface area contributed by atoms with Crippen LogP contribution in [-0.2, 0) is 46.1 Å². The Balaban J connectivity index is 0.961. The highest BCUT2D eigenvalue weighted by Crippen LogP contribution is 2.42. The summed E-state index contributed by atoms with van der Waals surface area (Å²) in [4.78, 5) is 79.7. The van der Waals surface area contributed by atoms with Gasteiger partial charge in [0.05, 0.1) is 78.3 Å². The van der Waals surface area contributed by atoms with Gasteiger partial charge in [0, 0.05) is 32.5 Å². The summed E-state index contributed by atoms with van der Waals surface area (Å²) in [6, 6.07) is 9.85. The van der Waals surface area contributed by atoms with Gasteiger partial charge < -0.3 is 44.5 Å². The number of pyridine rings is 1. The number of aryl methyl sites for hydroxylation is 1. The Bertz CT molecular complexity index is 2780. The van der Waals surface area contributed by atoms with E-state index in [0.29, 0.717) is 4.90 Å². The van der Waals surface area contributed by atoms with Crippen molar-refractivity contribution < 1.29 is 65.6 Å². The smallest absolute Gasteiger partial charge is 0.420 e. The van der Waals surface area contributed by atoms with E-state index in [1.807, 2.05) is 31.2 Å². The number of nitriles is 1. The highest BCUT2D eigenvalue weighted by molar-refractivity contribution is 7.81. The van der Waals surface area contributed by atoms with E-state index < -0.39 is 99.3 Å². The molecule has 0 radical (unpaired) electrons. The lowest BCUT2D eigenvalue weighted by Gasteiger charge is -2.35. The maximum atomic E-state index is 15.5. The fourth-order valence-electron chi connectivity index (χ4n) is 8.18. The molecule has 3 N–H and O–H groups in total. The van der Waals surface area contributed by atoms with Crippen molar-refractivity contribution in [2.45, 2.75) is 90.8 Å². The Morgan fingerprint density at radius 2 is 1.74 bits per heavy atom. The topological polar surface area (TPSA) is 226 Å². The molecular weight excluding hydrogens is 1000 g/mol. The van der Waals surface area contributed by atoms with Gasteiger partial charge in [0.15, 0.2) is 10.9 Å². The van der Waals surface area contributed by atoms with Crippen LogP contribution in [0.2, 0.25) is 0 Å². The number of amides is 4. The fraction of sp³-hybridized carbons (Fsp3) is 0.449. The summed E-state index contributed by atoms with van der Waals surface area (Å²) in [7, 11) is 1.11. The van der Waals surface area contributed by atoms with Gasteiger partial charge in [-0.15, -0.1) is 11.3 Å². The van der Waals surface area contributed by atoms with Crippen LogP contribution in [0.3, 0.4) is 0 Å². The lowest BCUT2D eigenvalue weighted by Crippen LogP contribution is -2.58. The molecular formula is C49H54F4N8O10S2. The summed E-state index contributed by atoms with van der Waals surface area (Å²) in [6.07, 6.45) is -4.68. The highest BCUT2D eigenvalue weighted by atomic mass is 32.1. The maximum absolute atomic E-state index is 15.5. The monoisotopic (exact) mass is 1050 g/mol. The van der Waals surface area contributed by atoms with E-state index in [-0.39, 0.29) is 69.5 Å². The lowest BCUT2D eigenvalue weighted by atomic mass is 9.85. The van der Waals surface area contributed by atoms with E-state index in [9.17, 15) is 47.5 Å². The molecule has 6 rings (SSSR count). The number of anilines is 2. The van der Waals surface area contributed by atoms with Crippen LogP contribution >= 0.6 is 23.6 Å². The number of hydrogen-bond donors (Lipinski definition) is 3. The van der Waals surface area contributed by atoms with E-state index in [2.05, 4.69) is 20.6 Å². The molecule has 0 bridgehead atoms. The molecule has 24 heteroatoms. The summed E-state index contributed by atoms with van der Waals surface area (Å²) in [5.74, 6) is -5.37. The van der Waals surface area contributed by atoms with Gasteiger partial charge in [-0.1, -0.05) is 45.0 Å². The predicted octanol–water partition coefficient (Wildman–Crippen LogP) is 5.86. The predicted molar refractivity (Wildman–Crippen MR) is 262 cm³/mol. The van der Waals surface area contributed by atoms with Crippen LogP contribution in [0.4, 0.5) is 28.9 Å². The number of likely N-dealkylation sites (tertiary alicyclic amines) is 1. The van der Waals surface area contributed by atoms with Crippen LogP contribution in [0.15, 0.2) is 54.2 Å². The van der Waals surface area contributed by atoms with Gasteiger partial charge in [-0.3, -0.25) is 24.1 Å². The minimum atomic E-state index is -5.27. The third kappa shape index (κ3) is 12.6. The molecule has 2 aliphatic heterocycles. The normalized spacial score (nSPS) is 17.1. The number of alkyl halides is 3. The van der Waals surface area contributed by atoms with E-state index in [1.54, 1.807) is 26.3 Å². The van der Waals surface area contributed by atoms with E-state index in [1.165, 1.54) is 53.3 Å². The van der Waals surface area contributed by atoms with E-state index in [0.717, 1.165) is 40.9 Å². The zero-order valence-corrected chi connectivity index (χ0v) is 42.6. The molecule has 2 aromatic carbocycles. The van der Waals surface area contributed by atoms with Crippen LogP contribution in [0.5, 0.6) is 5.88 Å². The molecule has 0 unspecified atom stereocenters. The van der Waals surface area contributed by atoms with Gasteiger partial charge in [0.1, 0.15) is 35.4 Å². The molecule has 2 aliphatic rings. The number of esters is 1. The third-order valence-electron chi connectivity index (χ3n) is 11.9. The molecule has 4 heterocycles. The number of thiocarbonyl (C=S) groups is 1. The van der Waals surface area contributed by atoms with Crippen molar-refractivity contribution >= 4 is 69.6 Å². The Labute approximate surface area is 427 Å². The van der Waals surface area contributed by atoms with Crippen molar-refractivity contribution in [1.82, 2.24) is 25.5 Å². The van der Waals surface area contributed by atoms with Crippen LogP contribution in [0, 0.1) is 29.5 Å². The Kier molecular flexibility index (Phi) is 17.6. The molecule has 0 spiro atoms.